The van der Waals surface area contributed by atoms with Crippen molar-refractivity contribution in [3.05, 3.63) is 42.5 Å². The average Bonchev–Trinajstić information content (AvgIpc) is 2.71. The Balaban J connectivity index is 1.69. The number of amides is 1. The maximum absolute atomic E-state index is 12.5. The summed E-state index contributed by atoms with van der Waals surface area (Å²) >= 11 is 0. The molecule has 1 fully saturated rings. The van der Waals surface area contributed by atoms with Crippen LogP contribution >= 0.6 is 0 Å². The number of anilines is 1. The number of benzene rings is 1. The minimum atomic E-state index is 0.120. The summed E-state index contributed by atoms with van der Waals surface area (Å²) in [5.41, 5.74) is 2.05. The van der Waals surface area contributed by atoms with E-state index in [0.29, 0.717) is 11.8 Å². The lowest BCUT2D eigenvalue weighted by molar-refractivity contribution is -0.126. The topological polar surface area (TPSA) is 45.7 Å². The smallest absolute Gasteiger partial charge is 0.246 e. The van der Waals surface area contributed by atoms with E-state index in [4.69, 9.17) is 4.74 Å². The van der Waals surface area contributed by atoms with Crippen LogP contribution in [0.5, 0.6) is 5.88 Å². The van der Waals surface area contributed by atoms with Crippen LogP contribution in [0.15, 0.2) is 42.5 Å². The van der Waals surface area contributed by atoms with Crippen molar-refractivity contribution in [1.29, 1.82) is 0 Å². The first-order valence-corrected chi connectivity index (χ1v) is 9.78. The number of para-hydroxylation sites is 1. The van der Waals surface area contributed by atoms with Gasteiger partial charge in [-0.2, -0.15) is 0 Å². The number of pyridine rings is 1. The first kappa shape index (κ1) is 19.2. The highest BCUT2D eigenvalue weighted by molar-refractivity contribution is 5.93. The summed E-state index contributed by atoms with van der Waals surface area (Å²) in [6.07, 6.45) is 6.05. The van der Waals surface area contributed by atoms with Crippen LogP contribution < -0.4 is 9.64 Å². The Labute approximate surface area is 161 Å². The summed E-state index contributed by atoms with van der Waals surface area (Å²) in [6.45, 7) is 7.40. The number of hydrogen-bond donors (Lipinski definition) is 0. The first-order valence-electron chi connectivity index (χ1n) is 9.78. The fourth-order valence-corrected chi connectivity index (χ4v) is 3.57. The molecule has 0 saturated carbocycles. The fourth-order valence-electron chi connectivity index (χ4n) is 3.57. The molecule has 0 radical (unpaired) electrons. The van der Waals surface area contributed by atoms with Gasteiger partial charge in [-0.25, -0.2) is 4.98 Å². The van der Waals surface area contributed by atoms with Gasteiger partial charge >= 0.3 is 0 Å². The number of allylic oxidation sites excluding steroid dienone is 1. The molecule has 1 atom stereocenters. The number of carbonyl (C=O) groups excluding carboxylic acids is 1. The second kappa shape index (κ2) is 8.89. The number of hydrogen-bond acceptors (Lipinski definition) is 4. The molecule has 1 aliphatic heterocycles. The van der Waals surface area contributed by atoms with E-state index in [1.54, 1.807) is 13.2 Å². The van der Waals surface area contributed by atoms with Gasteiger partial charge in [0, 0.05) is 37.6 Å². The minimum absolute atomic E-state index is 0.120. The SMILES string of the molecule is CCCC(C)C=CC(=O)N1CCN(c2cc(OC)nc3ccccc23)CC1. The summed E-state index contributed by atoms with van der Waals surface area (Å²) in [5.74, 6) is 1.20. The molecular weight excluding hydrogens is 338 g/mol. The lowest BCUT2D eigenvalue weighted by Gasteiger charge is -2.36. The molecule has 5 heteroatoms. The Morgan fingerprint density at radius 3 is 2.70 bits per heavy atom. The number of aromatic nitrogens is 1. The number of piperazine rings is 1. The van der Waals surface area contributed by atoms with Gasteiger partial charge < -0.3 is 14.5 Å². The minimum Gasteiger partial charge on any atom is -0.481 e. The van der Waals surface area contributed by atoms with E-state index < -0.39 is 0 Å². The maximum Gasteiger partial charge on any atom is 0.246 e. The molecule has 1 aromatic heterocycles. The van der Waals surface area contributed by atoms with Crippen LogP contribution in [0.2, 0.25) is 0 Å². The molecule has 1 aromatic carbocycles. The van der Waals surface area contributed by atoms with Crippen molar-refractivity contribution in [3.63, 3.8) is 0 Å². The molecule has 0 spiro atoms. The first-order chi connectivity index (χ1) is 13.1. The second-order valence-electron chi connectivity index (χ2n) is 7.14. The van der Waals surface area contributed by atoms with E-state index in [2.05, 4.69) is 29.8 Å². The lowest BCUT2D eigenvalue weighted by atomic mass is 10.1. The summed E-state index contributed by atoms with van der Waals surface area (Å²) in [7, 11) is 1.64. The van der Waals surface area contributed by atoms with Crippen molar-refractivity contribution in [2.75, 3.05) is 38.2 Å². The number of carbonyl (C=O) groups is 1. The summed E-state index contributed by atoms with van der Waals surface area (Å²) < 4.78 is 5.38. The highest BCUT2D eigenvalue weighted by Crippen LogP contribution is 2.30. The third-order valence-corrected chi connectivity index (χ3v) is 5.12. The van der Waals surface area contributed by atoms with Crippen LogP contribution in [0.4, 0.5) is 5.69 Å². The number of rotatable bonds is 6. The van der Waals surface area contributed by atoms with Gasteiger partial charge in [0.05, 0.1) is 18.3 Å². The van der Waals surface area contributed by atoms with Gasteiger partial charge in [-0.15, -0.1) is 0 Å². The van der Waals surface area contributed by atoms with Crippen LogP contribution in [0.25, 0.3) is 10.9 Å². The van der Waals surface area contributed by atoms with Gasteiger partial charge in [0.25, 0.3) is 0 Å². The molecule has 1 aliphatic rings. The van der Waals surface area contributed by atoms with Crippen molar-refractivity contribution in [1.82, 2.24) is 9.88 Å². The molecule has 3 rings (SSSR count). The van der Waals surface area contributed by atoms with Crippen LogP contribution in [-0.2, 0) is 4.79 Å². The second-order valence-corrected chi connectivity index (χ2v) is 7.14. The molecule has 1 unspecified atom stereocenters. The summed E-state index contributed by atoms with van der Waals surface area (Å²) in [6, 6.07) is 10.1. The third kappa shape index (κ3) is 4.59. The predicted octanol–water partition coefficient (Wildman–Crippen LogP) is 3.88. The molecule has 2 heterocycles. The van der Waals surface area contributed by atoms with Crippen molar-refractivity contribution >= 4 is 22.5 Å². The zero-order valence-corrected chi connectivity index (χ0v) is 16.5. The molecule has 1 amide bonds. The van der Waals surface area contributed by atoms with E-state index >= 15 is 0 Å². The van der Waals surface area contributed by atoms with E-state index in [1.807, 2.05) is 35.2 Å². The Hall–Kier alpha value is -2.56. The Morgan fingerprint density at radius 2 is 2.00 bits per heavy atom. The van der Waals surface area contributed by atoms with E-state index in [9.17, 15) is 4.79 Å². The summed E-state index contributed by atoms with van der Waals surface area (Å²) in [5, 5.41) is 1.12. The Kier molecular flexibility index (Phi) is 6.32. The molecular formula is C22H29N3O2. The van der Waals surface area contributed by atoms with E-state index in [1.165, 1.54) is 0 Å². The largest absolute Gasteiger partial charge is 0.481 e. The molecule has 144 valence electrons. The van der Waals surface area contributed by atoms with Crippen LogP contribution in [0.3, 0.4) is 0 Å². The number of fused-ring (bicyclic) bond motifs is 1. The van der Waals surface area contributed by atoms with Crippen molar-refractivity contribution < 1.29 is 9.53 Å². The molecule has 2 aromatic rings. The average molecular weight is 367 g/mol. The maximum atomic E-state index is 12.5. The number of nitrogens with zero attached hydrogens (tertiary/aromatic N) is 3. The van der Waals surface area contributed by atoms with E-state index in [0.717, 1.165) is 55.6 Å². The van der Waals surface area contributed by atoms with Gasteiger partial charge in [0.15, 0.2) is 0 Å². The molecule has 1 saturated heterocycles. The molecule has 27 heavy (non-hydrogen) atoms. The number of ether oxygens (including phenoxy) is 1. The number of methoxy groups -OCH3 is 1. The third-order valence-electron chi connectivity index (χ3n) is 5.12. The quantitative estimate of drug-likeness (QED) is 0.727. The molecule has 5 nitrogen and oxygen atoms in total. The van der Waals surface area contributed by atoms with Crippen LogP contribution in [0.1, 0.15) is 26.7 Å². The van der Waals surface area contributed by atoms with Crippen molar-refractivity contribution in [3.8, 4) is 5.88 Å². The van der Waals surface area contributed by atoms with Gasteiger partial charge in [0.2, 0.25) is 11.8 Å². The highest BCUT2D eigenvalue weighted by atomic mass is 16.5. The standard InChI is InChI=1S/C22H29N3O2/c1-4-7-17(2)10-11-22(26)25-14-12-24(13-15-25)20-16-21(27-3)23-19-9-6-5-8-18(19)20/h5-6,8-11,16-17H,4,7,12-15H2,1-3H3. The van der Waals surface area contributed by atoms with Crippen molar-refractivity contribution in [2.45, 2.75) is 26.7 Å². The van der Waals surface area contributed by atoms with Gasteiger partial charge in [-0.1, -0.05) is 44.5 Å². The molecule has 0 N–H and O–H groups in total. The van der Waals surface area contributed by atoms with Crippen molar-refractivity contribution in [2.24, 2.45) is 5.92 Å². The zero-order chi connectivity index (χ0) is 19.2. The van der Waals surface area contributed by atoms with E-state index in [-0.39, 0.29) is 5.91 Å². The van der Waals surface area contributed by atoms with Crippen LogP contribution in [-0.4, -0.2) is 49.1 Å². The zero-order valence-electron chi connectivity index (χ0n) is 16.5. The highest BCUT2D eigenvalue weighted by Gasteiger charge is 2.22. The van der Waals surface area contributed by atoms with Gasteiger partial charge in [0.1, 0.15) is 0 Å². The predicted molar refractivity (Wildman–Crippen MR) is 110 cm³/mol. The lowest BCUT2D eigenvalue weighted by Crippen LogP contribution is -2.48. The Bertz CT molecular complexity index is 810. The van der Waals surface area contributed by atoms with Gasteiger partial charge in [-0.3, -0.25) is 4.79 Å². The monoisotopic (exact) mass is 367 g/mol. The molecule has 0 aliphatic carbocycles. The fraction of sp³-hybridized carbons (Fsp3) is 0.455. The normalized spacial score (nSPS) is 16.1. The summed E-state index contributed by atoms with van der Waals surface area (Å²) in [4.78, 5) is 21.2. The molecule has 0 bridgehead atoms. The Morgan fingerprint density at radius 1 is 1.26 bits per heavy atom. The van der Waals surface area contributed by atoms with Gasteiger partial charge in [-0.05, 0) is 24.5 Å². The van der Waals surface area contributed by atoms with Crippen LogP contribution in [0, 0.1) is 5.92 Å².